The number of aromatic nitrogens is 2. The van der Waals surface area contributed by atoms with Gasteiger partial charge < -0.3 is 18.9 Å². The van der Waals surface area contributed by atoms with Crippen LogP contribution in [0.25, 0.3) is 32.2 Å². The van der Waals surface area contributed by atoms with Crippen molar-refractivity contribution in [3.05, 3.63) is 81.3 Å². The van der Waals surface area contributed by atoms with Crippen molar-refractivity contribution in [3.8, 4) is 5.75 Å². The number of amides is 1. The Labute approximate surface area is 225 Å². The highest BCUT2D eigenvalue weighted by atomic mass is 32.2. The number of aryl methyl sites for hydroxylation is 2. The van der Waals surface area contributed by atoms with Crippen LogP contribution in [0.5, 0.6) is 5.75 Å². The fraction of sp³-hybridized carbons (Fsp3) is 0.179. The molecule has 4 heterocycles. The van der Waals surface area contributed by atoms with Crippen LogP contribution in [0.1, 0.15) is 16.2 Å². The van der Waals surface area contributed by atoms with Crippen LogP contribution < -0.4 is 15.6 Å². The van der Waals surface area contributed by atoms with Crippen LogP contribution in [-0.4, -0.2) is 28.3 Å². The molecule has 0 spiro atoms. The van der Waals surface area contributed by atoms with Crippen LogP contribution in [0.15, 0.2) is 73.6 Å². The number of thiophene rings is 1. The number of ether oxygens (including phenoxy) is 1. The van der Waals surface area contributed by atoms with E-state index in [1.807, 2.05) is 50.2 Å². The van der Waals surface area contributed by atoms with E-state index in [4.69, 9.17) is 18.6 Å². The van der Waals surface area contributed by atoms with Gasteiger partial charge in [0.05, 0.1) is 36.7 Å². The van der Waals surface area contributed by atoms with E-state index in [-0.39, 0.29) is 23.8 Å². The smallest absolute Gasteiger partial charge is 0.263 e. The molecule has 0 radical (unpaired) electrons. The minimum atomic E-state index is -0.263. The molecular formula is C28H23N3O5S2. The predicted molar refractivity (Wildman–Crippen MR) is 151 cm³/mol. The minimum Gasteiger partial charge on any atom is -0.495 e. The third-order valence-electron chi connectivity index (χ3n) is 6.45. The number of carbonyl (C=O) groups excluding carboxylic acids is 1. The highest BCUT2D eigenvalue weighted by molar-refractivity contribution is 7.99. The maximum Gasteiger partial charge on any atom is 0.263 e. The van der Waals surface area contributed by atoms with E-state index in [2.05, 4.69) is 5.32 Å². The topological polar surface area (TPSA) is 99.5 Å². The first-order valence-corrected chi connectivity index (χ1v) is 13.7. The van der Waals surface area contributed by atoms with Crippen molar-refractivity contribution in [2.75, 3.05) is 18.2 Å². The maximum absolute atomic E-state index is 13.5. The molecule has 2 aromatic carbocycles. The number of hydrogen-bond donors (Lipinski definition) is 1. The lowest BCUT2D eigenvalue weighted by Gasteiger charge is -2.12. The van der Waals surface area contributed by atoms with Gasteiger partial charge in [0.1, 0.15) is 27.5 Å². The number of nitrogens with one attached hydrogen (secondary N) is 1. The third kappa shape index (κ3) is 4.25. The van der Waals surface area contributed by atoms with Gasteiger partial charge in [-0.25, -0.2) is 4.98 Å². The fourth-order valence-corrected chi connectivity index (χ4v) is 6.32. The summed E-state index contributed by atoms with van der Waals surface area (Å²) in [6, 6.07) is 15.0. The molecule has 38 heavy (non-hydrogen) atoms. The first-order valence-electron chi connectivity index (χ1n) is 11.9. The van der Waals surface area contributed by atoms with Crippen molar-refractivity contribution in [2.24, 2.45) is 0 Å². The summed E-state index contributed by atoms with van der Waals surface area (Å²) in [6.45, 7) is 4.13. The minimum absolute atomic E-state index is 0.0424. The van der Waals surface area contributed by atoms with Crippen molar-refractivity contribution < 1.29 is 18.4 Å². The van der Waals surface area contributed by atoms with Crippen LogP contribution in [-0.2, 0) is 11.3 Å². The number of thioether (sulfide) groups is 1. The van der Waals surface area contributed by atoms with Crippen LogP contribution in [0, 0.1) is 13.8 Å². The molecule has 6 rings (SSSR count). The average Bonchev–Trinajstić information content (AvgIpc) is 3.62. The van der Waals surface area contributed by atoms with E-state index in [0.29, 0.717) is 38.2 Å². The molecule has 192 valence electrons. The van der Waals surface area contributed by atoms with Crippen LogP contribution in [0.2, 0.25) is 0 Å². The Hall–Kier alpha value is -4.02. The summed E-state index contributed by atoms with van der Waals surface area (Å²) in [7, 11) is 1.56. The quantitative estimate of drug-likeness (QED) is 0.184. The lowest BCUT2D eigenvalue weighted by molar-refractivity contribution is -0.113. The molecule has 10 heteroatoms. The Morgan fingerprint density at radius 1 is 1.13 bits per heavy atom. The number of furan rings is 2. The largest absolute Gasteiger partial charge is 0.495 e. The normalized spacial score (nSPS) is 11.6. The van der Waals surface area contributed by atoms with E-state index in [9.17, 15) is 9.59 Å². The zero-order valence-corrected chi connectivity index (χ0v) is 22.5. The van der Waals surface area contributed by atoms with E-state index in [1.54, 1.807) is 30.1 Å². The van der Waals surface area contributed by atoms with E-state index < -0.39 is 0 Å². The Kier molecular flexibility index (Phi) is 6.21. The fourth-order valence-electron chi connectivity index (χ4n) is 4.45. The standard InChI is InChI=1S/C28H23N3O5S2/c1-15-16(2)38-26-25(15)27(33)31(13-17-7-6-10-35-17)28(30-26)37-14-24(32)29-20-12-22-19(11-23(20)34-3)18-8-4-5-9-21(18)36-22/h4-12H,13-14H2,1-3H3,(H,29,32). The first-order chi connectivity index (χ1) is 18.4. The van der Waals surface area contributed by atoms with Gasteiger partial charge in [-0.05, 0) is 43.7 Å². The summed E-state index contributed by atoms with van der Waals surface area (Å²) < 4.78 is 18.6. The lowest BCUT2D eigenvalue weighted by Crippen LogP contribution is -2.24. The summed E-state index contributed by atoms with van der Waals surface area (Å²) in [5.74, 6) is 0.941. The monoisotopic (exact) mass is 545 g/mol. The summed E-state index contributed by atoms with van der Waals surface area (Å²) >= 11 is 2.68. The molecule has 0 aliphatic carbocycles. The Morgan fingerprint density at radius 3 is 2.76 bits per heavy atom. The first kappa shape index (κ1) is 24.3. The van der Waals surface area contributed by atoms with Crippen molar-refractivity contribution in [3.63, 3.8) is 0 Å². The van der Waals surface area contributed by atoms with Gasteiger partial charge in [-0.15, -0.1) is 11.3 Å². The Morgan fingerprint density at radius 2 is 1.97 bits per heavy atom. The van der Waals surface area contributed by atoms with Gasteiger partial charge in [-0.1, -0.05) is 30.0 Å². The zero-order valence-electron chi connectivity index (χ0n) is 20.9. The van der Waals surface area contributed by atoms with Crippen molar-refractivity contribution in [1.29, 1.82) is 0 Å². The number of nitrogens with zero attached hydrogens (tertiary/aromatic N) is 2. The van der Waals surface area contributed by atoms with Gasteiger partial charge in [0, 0.05) is 21.7 Å². The molecule has 1 amide bonds. The number of hydrogen-bond acceptors (Lipinski definition) is 8. The number of para-hydroxylation sites is 1. The van der Waals surface area contributed by atoms with Crippen LogP contribution in [0.4, 0.5) is 5.69 Å². The number of benzene rings is 2. The zero-order chi connectivity index (χ0) is 26.4. The number of methoxy groups -OCH3 is 1. The molecule has 0 saturated heterocycles. The highest BCUT2D eigenvalue weighted by Crippen LogP contribution is 2.36. The molecule has 1 N–H and O–H groups in total. The number of anilines is 1. The summed E-state index contributed by atoms with van der Waals surface area (Å²) in [5, 5.41) is 5.87. The molecule has 0 fully saturated rings. The molecule has 0 saturated carbocycles. The Bertz CT molecular complexity index is 1880. The van der Waals surface area contributed by atoms with Crippen LogP contribution in [0.3, 0.4) is 0 Å². The molecule has 4 aromatic heterocycles. The second-order valence-electron chi connectivity index (χ2n) is 8.81. The molecule has 0 bridgehead atoms. The lowest BCUT2D eigenvalue weighted by atomic mass is 10.1. The highest BCUT2D eigenvalue weighted by Gasteiger charge is 2.20. The van der Waals surface area contributed by atoms with E-state index in [0.717, 1.165) is 26.8 Å². The SMILES string of the molecule is COc1cc2c(cc1NC(=O)CSc1nc3sc(C)c(C)c3c(=O)n1Cc1ccco1)oc1ccccc12. The predicted octanol–water partition coefficient (Wildman–Crippen LogP) is 6.35. The van der Waals surface area contributed by atoms with Gasteiger partial charge in [0.25, 0.3) is 5.56 Å². The van der Waals surface area contributed by atoms with Crippen LogP contribution >= 0.6 is 23.1 Å². The van der Waals surface area contributed by atoms with E-state index in [1.165, 1.54) is 23.1 Å². The molecule has 0 unspecified atom stereocenters. The second kappa shape index (κ2) is 9.70. The molecular weight excluding hydrogens is 522 g/mol. The van der Waals surface area contributed by atoms with Gasteiger partial charge in [-0.2, -0.15) is 0 Å². The number of rotatable bonds is 7. The summed E-state index contributed by atoms with van der Waals surface area (Å²) in [5.41, 5.74) is 2.70. The summed E-state index contributed by atoms with van der Waals surface area (Å²) in [4.78, 5) is 33.0. The van der Waals surface area contributed by atoms with Crippen molar-refractivity contribution in [1.82, 2.24) is 9.55 Å². The average molecular weight is 546 g/mol. The van der Waals surface area contributed by atoms with Gasteiger partial charge in [-0.3, -0.25) is 14.2 Å². The van der Waals surface area contributed by atoms with Gasteiger partial charge in [0.15, 0.2) is 5.16 Å². The molecule has 6 aromatic rings. The molecule has 0 aliphatic heterocycles. The third-order valence-corrected chi connectivity index (χ3v) is 8.53. The van der Waals surface area contributed by atoms with Crippen molar-refractivity contribution in [2.45, 2.75) is 25.5 Å². The Balaban J connectivity index is 1.29. The van der Waals surface area contributed by atoms with Gasteiger partial charge >= 0.3 is 0 Å². The number of fused-ring (bicyclic) bond motifs is 4. The van der Waals surface area contributed by atoms with E-state index >= 15 is 0 Å². The number of carbonyl (C=O) groups is 1. The van der Waals surface area contributed by atoms with Crippen molar-refractivity contribution >= 4 is 66.8 Å². The van der Waals surface area contributed by atoms with Gasteiger partial charge in [0.2, 0.25) is 5.91 Å². The molecule has 0 aliphatic rings. The maximum atomic E-state index is 13.5. The molecule has 8 nitrogen and oxygen atoms in total. The second-order valence-corrected chi connectivity index (χ2v) is 11.0. The summed E-state index contributed by atoms with van der Waals surface area (Å²) in [6.07, 6.45) is 1.57. The molecule has 0 atom stereocenters.